The molecule has 1 saturated heterocycles. The van der Waals surface area contributed by atoms with Crippen molar-refractivity contribution in [2.45, 2.75) is 51.7 Å². The van der Waals surface area contributed by atoms with Crippen LogP contribution in [0, 0.1) is 0 Å². The Bertz CT molecular complexity index is 274. The van der Waals surface area contributed by atoms with Crippen molar-refractivity contribution in [1.29, 1.82) is 0 Å². The Hall–Kier alpha value is -0.810. The SMILES string of the molecule is CC(C)OCCCCNC1CCN(C(=O)N(C)C)CC1. The third-order valence-corrected chi connectivity index (χ3v) is 3.60. The lowest BCUT2D eigenvalue weighted by molar-refractivity contribution is 0.0758. The molecule has 0 radical (unpaired) electrons. The summed E-state index contributed by atoms with van der Waals surface area (Å²) in [5.41, 5.74) is 0. The van der Waals surface area contributed by atoms with Gasteiger partial charge in [-0.1, -0.05) is 0 Å². The van der Waals surface area contributed by atoms with Gasteiger partial charge in [-0.2, -0.15) is 0 Å². The summed E-state index contributed by atoms with van der Waals surface area (Å²) in [6, 6.07) is 0.696. The van der Waals surface area contributed by atoms with E-state index in [1.165, 1.54) is 0 Å². The Morgan fingerprint density at radius 3 is 2.50 bits per heavy atom. The quantitative estimate of drug-likeness (QED) is 0.727. The van der Waals surface area contributed by atoms with Crippen LogP contribution in [0.15, 0.2) is 0 Å². The van der Waals surface area contributed by atoms with E-state index in [-0.39, 0.29) is 6.03 Å². The van der Waals surface area contributed by atoms with Crippen LogP contribution in [0.1, 0.15) is 39.5 Å². The van der Waals surface area contributed by atoms with Gasteiger partial charge in [-0.15, -0.1) is 0 Å². The van der Waals surface area contributed by atoms with Crippen LogP contribution in [-0.2, 0) is 4.74 Å². The second kappa shape index (κ2) is 9.19. The predicted molar refractivity (Wildman–Crippen MR) is 82.0 cm³/mol. The second-order valence-electron chi connectivity index (χ2n) is 6.02. The maximum Gasteiger partial charge on any atom is 0.319 e. The minimum Gasteiger partial charge on any atom is -0.379 e. The normalized spacial score (nSPS) is 16.8. The first kappa shape index (κ1) is 17.2. The van der Waals surface area contributed by atoms with Crippen molar-refractivity contribution >= 4 is 6.03 Å². The molecular weight excluding hydrogens is 254 g/mol. The summed E-state index contributed by atoms with van der Waals surface area (Å²) in [7, 11) is 3.62. The van der Waals surface area contributed by atoms with Crippen LogP contribution in [0.3, 0.4) is 0 Å². The monoisotopic (exact) mass is 285 g/mol. The zero-order valence-electron chi connectivity index (χ0n) is 13.5. The van der Waals surface area contributed by atoms with E-state index < -0.39 is 0 Å². The summed E-state index contributed by atoms with van der Waals surface area (Å²) in [6.07, 6.45) is 4.72. The van der Waals surface area contributed by atoms with Gasteiger partial charge in [0, 0.05) is 39.8 Å². The molecule has 118 valence electrons. The zero-order valence-corrected chi connectivity index (χ0v) is 13.5. The summed E-state index contributed by atoms with van der Waals surface area (Å²) < 4.78 is 5.52. The van der Waals surface area contributed by atoms with Crippen molar-refractivity contribution < 1.29 is 9.53 Å². The van der Waals surface area contributed by atoms with E-state index in [2.05, 4.69) is 19.2 Å². The van der Waals surface area contributed by atoms with Crippen LogP contribution in [0.4, 0.5) is 4.79 Å². The number of piperidine rings is 1. The first-order valence-electron chi connectivity index (χ1n) is 7.82. The first-order valence-corrected chi connectivity index (χ1v) is 7.82. The van der Waals surface area contributed by atoms with Gasteiger partial charge in [0.05, 0.1) is 6.10 Å². The van der Waals surface area contributed by atoms with Crippen molar-refractivity contribution in [3.8, 4) is 0 Å². The molecule has 1 N–H and O–H groups in total. The molecule has 2 amide bonds. The number of ether oxygens (including phenoxy) is 1. The number of likely N-dealkylation sites (tertiary alicyclic amines) is 1. The average Bonchev–Trinajstić information content (AvgIpc) is 2.42. The van der Waals surface area contributed by atoms with E-state index in [0.717, 1.165) is 51.9 Å². The third-order valence-electron chi connectivity index (χ3n) is 3.60. The Balaban J connectivity index is 2.04. The third kappa shape index (κ3) is 6.57. The van der Waals surface area contributed by atoms with Gasteiger partial charge in [-0.25, -0.2) is 4.79 Å². The van der Waals surface area contributed by atoms with Gasteiger partial charge < -0.3 is 19.9 Å². The predicted octanol–water partition coefficient (Wildman–Crippen LogP) is 1.93. The lowest BCUT2D eigenvalue weighted by Crippen LogP contribution is -2.48. The molecule has 0 saturated carbocycles. The van der Waals surface area contributed by atoms with E-state index in [9.17, 15) is 4.79 Å². The highest BCUT2D eigenvalue weighted by molar-refractivity contribution is 5.73. The minimum atomic E-state index is 0.134. The van der Waals surface area contributed by atoms with Crippen molar-refractivity contribution in [3.63, 3.8) is 0 Å². The van der Waals surface area contributed by atoms with Gasteiger partial charge in [-0.05, 0) is 46.1 Å². The number of nitrogens with zero attached hydrogens (tertiary/aromatic N) is 2. The van der Waals surface area contributed by atoms with Crippen molar-refractivity contribution in [2.24, 2.45) is 0 Å². The van der Waals surface area contributed by atoms with Gasteiger partial charge in [0.2, 0.25) is 0 Å². The number of hydrogen-bond acceptors (Lipinski definition) is 3. The molecule has 1 fully saturated rings. The summed E-state index contributed by atoms with van der Waals surface area (Å²) in [5, 5.41) is 3.59. The van der Waals surface area contributed by atoms with Crippen molar-refractivity contribution in [3.05, 3.63) is 0 Å². The molecule has 0 aromatic rings. The molecular formula is C15H31N3O2. The number of rotatable bonds is 7. The van der Waals surface area contributed by atoms with Crippen LogP contribution >= 0.6 is 0 Å². The van der Waals surface area contributed by atoms with E-state index in [1.54, 1.807) is 4.90 Å². The van der Waals surface area contributed by atoms with E-state index in [0.29, 0.717) is 12.1 Å². The van der Waals surface area contributed by atoms with Gasteiger partial charge in [0.25, 0.3) is 0 Å². The van der Waals surface area contributed by atoms with E-state index in [1.807, 2.05) is 19.0 Å². The highest BCUT2D eigenvalue weighted by Gasteiger charge is 2.22. The Labute approximate surface area is 123 Å². The molecule has 0 unspecified atom stereocenters. The molecule has 5 nitrogen and oxygen atoms in total. The topological polar surface area (TPSA) is 44.8 Å². The average molecular weight is 285 g/mol. The van der Waals surface area contributed by atoms with Crippen LogP contribution < -0.4 is 5.32 Å². The van der Waals surface area contributed by atoms with Gasteiger partial charge in [-0.3, -0.25) is 0 Å². The molecule has 1 heterocycles. The molecule has 1 aliphatic heterocycles. The Morgan fingerprint density at radius 2 is 1.95 bits per heavy atom. The van der Waals surface area contributed by atoms with Crippen LogP contribution in [0.25, 0.3) is 0 Å². The van der Waals surface area contributed by atoms with E-state index >= 15 is 0 Å². The minimum absolute atomic E-state index is 0.134. The smallest absolute Gasteiger partial charge is 0.319 e. The molecule has 0 aromatic carbocycles. The van der Waals surface area contributed by atoms with Crippen LogP contribution in [-0.4, -0.2) is 68.3 Å². The summed E-state index contributed by atoms with van der Waals surface area (Å²) in [5.74, 6) is 0. The van der Waals surface area contributed by atoms with Gasteiger partial charge >= 0.3 is 6.03 Å². The van der Waals surface area contributed by atoms with Crippen LogP contribution in [0.5, 0.6) is 0 Å². The number of nitrogens with one attached hydrogen (secondary N) is 1. The maximum absolute atomic E-state index is 11.8. The van der Waals surface area contributed by atoms with Gasteiger partial charge in [0.15, 0.2) is 0 Å². The number of carbonyl (C=O) groups excluding carboxylic acids is 1. The lowest BCUT2D eigenvalue weighted by atomic mass is 10.1. The molecule has 1 rings (SSSR count). The Kier molecular flexibility index (Phi) is 7.92. The molecule has 0 spiro atoms. The fraction of sp³-hybridized carbons (Fsp3) is 0.933. The van der Waals surface area contributed by atoms with Crippen LogP contribution in [0.2, 0.25) is 0 Å². The fourth-order valence-electron chi connectivity index (χ4n) is 2.41. The Morgan fingerprint density at radius 1 is 1.30 bits per heavy atom. The zero-order chi connectivity index (χ0) is 15.0. The van der Waals surface area contributed by atoms with Crippen molar-refractivity contribution in [2.75, 3.05) is 40.3 Å². The number of amides is 2. The number of carbonyl (C=O) groups is 1. The molecule has 0 aliphatic carbocycles. The summed E-state index contributed by atoms with van der Waals surface area (Å²) in [6.45, 7) is 7.78. The molecule has 1 aliphatic rings. The second-order valence-corrected chi connectivity index (χ2v) is 6.02. The standard InChI is InChI=1S/C15H31N3O2/c1-13(2)20-12-6-5-9-16-14-7-10-18(11-8-14)15(19)17(3)4/h13-14,16H,5-12H2,1-4H3. The van der Waals surface area contributed by atoms with Crippen molar-refractivity contribution in [1.82, 2.24) is 15.1 Å². The molecule has 5 heteroatoms. The lowest BCUT2D eigenvalue weighted by Gasteiger charge is -2.34. The molecule has 0 aromatic heterocycles. The highest BCUT2D eigenvalue weighted by atomic mass is 16.5. The molecule has 20 heavy (non-hydrogen) atoms. The number of unbranched alkanes of at least 4 members (excludes halogenated alkanes) is 1. The summed E-state index contributed by atoms with van der Waals surface area (Å²) in [4.78, 5) is 15.4. The van der Waals surface area contributed by atoms with Gasteiger partial charge in [0.1, 0.15) is 0 Å². The fourth-order valence-corrected chi connectivity index (χ4v) is 2.41. The highest BCUT2D eigenvalue weighted by Crippen LogP contribution is 2.11. The molecule has 0 atom stereocenters. The molecule has 0 bridgehead atoms. The largest absolute Gasteiger partial charge is 0.379 e. The maximum atomic E-state index is 11.8. The summed E-state index contributed by atoms with van der Waals surface area (Å²) >= 11 is 0. The van der Waals surface area contributed by atoms with E-state index in [4.69, 9.17) is 4.74 Å². The number of hydrogen-bond donors (Lipinski definition) is 1. The number of urea groups is 1. The first-order chi connectivity index (χ1) is 9.50.